The number of hydrogen-bond donors (Lipinski definition) is 1. The van der Waals surface area contributed by atoms with Crippen molar-refractivity contribution >= 4 is 0 Å². The summed E-state index contributed by atoms with van der Waals surface area (Å²) in [5.41, 5.74) is 0. The van der Waals surface area contributed by atoms with Gasteiger partial charge in [-0.1, -0.05) is 0 Å². The highest BCUT2D eigenvalue weighted by Gasteiger charge is 2.24. The van der Waals surface area contributed by atoms with Crippen molar-refractivity contribution in [3.05, 3.63) is 0 Å². The molecule has 0 saturated carbocycles. The first-order chi connectivity index (χ1) is 3.72. The molecule has 0 aliphatic carbocycles. The maximum absolute atomic E-state index is 9.10. The largest absolute Gasteiger partial charge is 0.313 e. The quantitative estimate of drug-likeness (QED) is 0.513. The van der Waals surface area contributed by atoms with Crippen LogP contribution in [0.2, 0.25) is 0 Å². The Morgan fingerprint density at radius 3 is 1.75 bits per heavy atom. The van der Waals surface area contributed by atoms with Crippen molar-refractivity contribution in [3.63, 3.8) is 0 Å². The Hall–Kier alpha value is -0.0800. The zero-order chi connectivity index (χ0) is 6.15. The summed E-state index contributed by atoms with van der Waals surface area (Å²) in [5, 5.41) is 10.5. The lowest BCUT2D eigenvalue weighted by Crippen LogP contribution is -2.28. The summed E-state index contributed by atoms with van der Waals surface area (Å²) in [4.78, 5) is 0. The van der Waals surface area contributed by atoms with E-state index in [0.717, 1.165) is 12.8 Å². The van der Waals surface area contributed by atoms with Gasteiger partial charge in [-0.2, -0.15) is 5.06 Å². The molecule has 0 radical (unpaired) electrons. The average Bonchev–Trinajstić information content (AvgIpc) is 1.98. The minimum absolute atomic E-state index is 0.380. The van der Waals surface area contributed by atoms with Crippen molar-refractivity contribution in [1.82, 2.24) is 5.06 Å². The van der Waals surface area contributed by atoms with Crippen LogP contribution in [0.25, 0.3) is 0 Å². The Morgan fingerprint density at radius 1 is 1.25 bits per heavy atom. The molecule has 1 saturated heterocycles. The highest BCUT2D eigenvalue weighted by Crippen LogP contribution is 2.19. The fourth-order valence-electron chi connectivity index (χ4n) is 1.18. The van der Waals surface area contributed by atoms with E-state index in [9.17, 15) is 0 Å². The molecule has 1 heterocycles. The van der Waals surface area contributed by atoms with Crippen LogP contribution in [0.5, 0.6) is 0 Å². The molecule has 2 heteroatoms. The highest BCUT2D eigenvalue weighted by atomic mass is 16.5. The van der Waals surface area contributed by atoms with Crippen molar-refractivity contribution in [2.45, 2.75) is 38.8 Å². The van der Waals surface area contributed by atoms with Crippen molar-refractivity contribution in [1.29, 1.82) is 0 Å². The minimum atomic E-state index is 0.380. The van der Waals surface area contributed by atoms with E-state index in [0.29, 0.717) is 12.1 Å². The number of hydroxylamine groups is 2. The maximum atomic E-state index is 9.10. The molecule has 0 bridgehead atoms. The molecule has 0 aromatic carbocycles. The molecule has 1 fully saturated rings. The van der Waals surface area contributed by atoms with Gasteiger partial charge in [0.1, 0.15) is 0 Å². The van der Waals surface area contributed by atoms with Gasteiger partial charge in [-0.25, -0.2) is 0 Å². The molecule has 0 amide bonds. The van der Waals surface area contributed by atoms with E-state index in [1.807, 2.05) is 13.8 Å². The van der Waals surface area contributed by atoms with Gasteiger partial charge < -0.3 is 5.21 Å². The summed E-state index contributed by atoms with van der Waals surface area (Å²) in [6, 6.07) is 0.759. The number of hydrogen-bond acceptors (Lipinski definition) is 2. The van der Waals surface area contributed by atoms with Crippen LogP contribution in [0.15, 0.2) is 0 Å². The molecule has 0 unspecified atom stereocenters. The molecule has 48 valence electrons. The van der Waals surface area contributed by atoms with E-state index in [1.165, 1.54) is 5.06 Å². The van der Waals surface area contributed by atoms with Gasteiger partial charge in [0, 0.05) is 12.1 Å². The smallest absolute Gasteiger partial charge is 0.0325 e. The van der Waals surface area contributed by atoms with Gasteiger partial charge in [-0.3, -0.25) is 0 Å². The first-order valence-corrected chi connectivity index (χ1v) is 3.19. The fourth-order valence-corrected chi connectivity index (χ4v) is 1.18. The fraction of sp³-hybridized carbons (Fsp3) is 1.00. The first kappa shape index (κ1) is 6.05. The third kappa shape index (κ3) is 0.858. The zero-order valence-corrected chi connectivity index (χ0v) is 5.46. The van der Waals surface area contributed by atoms with Gasteiger partial charge in [-0.15, -0.1) is 0 Å². The molecule has 1 aliphatic rings. The Bertz CT molecular complexity index is 74.6. The first-order valence-electron chi connectivity index (χ1n) is 3.19. The summed E-state index contributed by atoms with van der Waals surface area (Å²) < 4.78 is 0. The second-order valence-corrected chi connectivity index (χ2v) is 2.66. The third-order valence-electron chi connectivity index (χ3n) is 1.91. The van der Waals surface area contributed by atoms with Gasteiger partial charge in [0.2, 0.25) is 0 Å². The topological polar surface area (TPSA) is 23.5 Å². The summed E-state index contributed by atoms with van der Waals surface area (Å²) >= 11 is 0. The van der Waals surface area contributed by atoms with Crippen LogP contribution < -0.4 is 0 Å². The van der Waals surface area contributed by atoms with Crippen molar-refractivity contribution in [2.24, 2.45) is 0 Å². The summed E-state index contributed by atoms with van der Waals surface area (Å²) in [5.74, 6) is 0. The van der Waals surface area contributed by atoms with Crippen LogP contribution in [0, 0.1) is 0 Å². The normalized spacial score (nSPS) is 40.9. The van der Waals surface area contributed by atoms with E-state index >= 15 is 0 Å². The Kier molecular flexibility index (Phi) is 1.54. The molecular formula is C6H13NO. The monoisotopic (exact) mass is 115 g/mol. The summed E-state index contributed by atoms with van der Waals surface area (Å²) in [7, 11) is 0. The second kappa shape index (κ2) is 2.03. The molecule has 1 rings (SSSR count). The van der Waals surface area contributed by atoms with Gasteiger partial charge in [0.15, 0.2) is 0 Å². The predicted octanol–water partition coefficient (Wildman–Crippen LogP) is 1.25. The van der Waals surface area contributed by atoms with E-state index in [1.54, 1.807) is 0 Å². The van der Waals surface area contributed by atoms with Gasteiger partial charge in [-0.05, 0) is 26.7 Å². The SMILES string of the molecule is C[C@H]1CC[C@H](C)N1O. The number of nitrogens with zero attached hydrogens (tertiary/aromatic N) is 1. The lowest BCUT2D eigenvalue weighted by atomic mass is 10.2. The minimum Gasteiger partial charge on any atom is -0.313 e. The third-order valence-corrected chi connectivity index (χ3v) is 1.91. The molecule has 0 aromatic rings. The highest BCUT2D eigenvalue weighted by molar-refractivity contribution is 4.74. The van der Waals surface area contributed by atoms with Crippen LogP contribution in [0.4, 0.5) is 0 Å². The molecule has 0 aromatic heterocycles. The maximum Gasteiger partial charge on any atom is 0.0325 e. The van der Waals surface area contributed by atoms with E-state index in [4.69, 9.17) is 5.21 Å². The molecule has 2 atom stereocenters. The lowest BCUT2D eigenvalue weighted by Gasteiger charge is -2.16. The van der Waals surface area contributed by atoms with Gasteiger partial charge >= 0.3 is 0 Å². The van der Waals surface area contributed by atoms with Crippen LogP contribution in [-0.4, -0.2) is 22.4 Å². The standard InChI is InChI=1S/C6H13NO/c1-5-3-4-6(2)7(5)8/h5-6,8H,3-4H2,1-2H3/t5-,6-/m0/s1. The van der Waals surface area contributed by atoms with Crippen LogP contribution in [-0.2, 0) is 0 Å². The van der Waals surface area contributed by atoms with Crippen LogP contribution >= 0.6 is 0 Å². The predicted molar refractivity (Wildman–Crippen MR) is 31.8 cm³/mol. The van der Waals surface area contributed by atoms with Crippen molar-refractivity contribution in [3.8, 4) is 0 Å². The molecule has 0 spiro atoms. The molecule has 1 N–H and O–H groups in total. The lowest BCUT2D eigenvalue weighted by molar-refractivity contribution is -0.124. The van der Waals surface area contributed by atoms with E-state index in [2.05, 4.69) is 0 Å². The van der Waals surface area contributed by atoms with Crippen LogP contribution in [0.1, 0.15) is 26.7 Å². The number of rotatable bonds is 0. The zero-order valence-electron chi connectivity index (χ0n) is 5.46. The Balaban J connectivity index is 2.44. The summed E-state index contributed by atoms with van der Waals surface area (Å²) in [6.07, 6.45) is 2.27. The average molecular weight is 115 g/mol. The molecule has 1 aliphatic heterocycles. The van der Waals surface area contributed by atoms with Gasteiger partial charge in [0.05, 0.1) is 0 Å². The molecular weight excluding hydrogens is 102 g/mol. The molecule has 8 heavy (non-hydrogen) atoms. The van der Waals surface area contributed by atoms with Crippen molar-refractivity contribution in [2.75, 3.05) is 0 Å². The van der Waals surface area contributed by atoms with Crippen LogP contribution in [0.3, 0.4) is 0 Å². The van der Waals surface area contributed by atoms with E-state index in [-0.39, 0.29) is 0 Å². The summed E-state index contributed by atoms with van der Waals surface area (Å²) in [6.45, 7) is 4.09. The molecule has 2 nitrogen and oxygen atoms in total. The second-order valence-electron chi connectivity index (χ2n) is 2.66. The van der Waals surface area contributed by atoms with Crippen molar-refractivity contribution < 1.29 is 5.21 Å². The van der Waals surface area contributed by atoms with Gasteiger partial charge in [0.25, 0.3) is 0 Å². The Labute approximate surface area is 50.1 Å². The van der Waals surface area contributed by atoms with E-state index < -0.39 is 0 Å². The Morgan fingerprint density at radius 2 is 1.62 bits per heavy atom.